The molecule has 3 nitrogen and oxygen atoms in total. The van der Waals surface area contributed by atoms with Gasteiger partial charge in [-0.15, -0.1) is 0 Å². The van der Waals surface area contributed by atoms with Gasteiger partial charge in [-0.1, -0.05) is 6.92 Å². The minimum absolute atomic E-state index is 0.115. The van der Waals surface area contributed by atoms with E-state index in [2.05, 4.69) is 5.32 Å². The lowest BCUT2D eigenvalue weighted by atomic mass is 9.89. The summed E-state index contributed by atoms with van der Waals surface area (Å²) >= 11 is 0. The van der Waals surface area contributed by atoms with E-state index >= 15 is 0 Å². The van der Waals surface area contributed by atoms with Crippen LogP contribution in [0.1, 0.15) is 32.6 Å². The number of rotatable bonds is 3. The van der Waals surface area contributed by atoms with Crippen LogP contribution < -0.4 is 5.32 Å². The van der Waals surface area contributed by atoms with Gasteiger partial charge in [0.25, 0.3) is 0 Å². The Morgan fingerprint density at radius 1 is 1.64 bits per heavy atom. The van der Waals surface area contributed by atoms with Crippen molar-refractivity contribution >= 4 is 5.91 Å². The molecule has 0 spiro atoms. The van der Waals surface area contributed by atoms with Gasteiger partial charge in [0.2, 0.25) is 5.91 Å². The first-order valence-corrected chi connectivity index (χ1v) is 4.19. The van der Waals surface area contributed by atoms with E-state index in [9.17, 15) is 4.79 Å². The van der Waals surface area contributed by atoms with Gasteiger partial charge >= 0.3 is 0 Å². The zero-order valence-corrected chi connectivity index (χ0v) is 6.84. The molecule has 1 rings (SSSR count). The summed E-state index contributed by atoms with van der Waals surface area (Å²) < 4.78 is 0. The molecule has 1 aliphatic carbocycles. The molecule has 0 radical (unpaired) electrons. The number of hydrogen-bond acceptors (Lipinski definition) is 2. The van der Waals surface area contributed by atoms with Crippen molar-refractivity contribution in [1.82, 2.24) is 5.32 Å². The largest absolute Gasteiger partial charge is 0.393 e. The molecule has 0 atom stereocenters. The molecule has 0 aromatic rings. The van der Waals surface area contributed by atoms with Crippen LogP contribution in [0.25, 0.3) is 0 Å². The third-order valence-corrected chi connectivity index (χ3v) is 1.96. The third-order valence-electron chi connectivity index (χ3n) is 1.96. The fourth-order valence-corrected chi connectivity index (χ4v) is 1.23. The second-order valence-electron chi connectivity index (χ2n) is 3.14. The van der Waals surface area contributed by atoms with Crippen LogP contribution in [0.3, 0.4) is 0 Å². The van der Waals surface area contributed by atoms with Gasteiger partial charge in [0.15, 0.2) is 0 Å². The summed E-state index contributed by atoms with van der Waals surface area (Å²) in [5.41, 5.74) is 0. The number of carbonyl (C=O) groups excluding carboxylic acids is 1. The van der Waals surface area contributed by atoms with E-state index in [1.807, 2.05) is 6.92 Å². The molecule has 0 unspecified atom stereocenters. The molecule has 0 aromatic carbocycles. The molecule has 1 amide bonds. The van der Waals surface area contributed by atoms with Gasteiger partial charge in [-0.2, -0.15) is 0 Å². The fourth-order valence-electron chi connectivity index (χ4n) is 1.23. The first-order chi connectivity index (χ1) is 5.22. The monoisotopic (exact) mass is 157 g/mol. The first-order valence-electron chi connectivity index (χ1n) is 4.19. The summed E-state index contributed by atoms with van der Waals surface area (Å²) in [7, 11) is 0. The van der Waals surface area contributed by atoms with E-state index < -0.39 is 0 Å². The molecule has 64 valence electrons. The van der Waals surface area contributed by atoms with Crippen molar-refractivity contribution in [2.75, 3.05) is 0 Å². The lowest BCUT2D eigenvalue weighted by Gasteiger charge is -2.31. The molecule has 3 heteroatoms. The maximum atomic E-state index is 11.0. The van der Waals surface area contributed by atoms with Crippen molar-refractivity contribution in [3.63, 3.8) is 0 Å². The number of carbonyl (C=O) groups is 1. The predicted octanol–water partition coefficient (Wildman–Crippen LogP) is 0.426. The van der Waals surface area contributed by atoms with Crippen molar-refractivity contribution in [2.45, 2.75) is 44.8 Å². The number of nitrogens with one attached hydrogen (secondary N) is 1. The van der Waals surface area contributed by atoms with E-state index in [4.69, 9.17) is 5.11 Å². The van der Waals surface area contributed by atoms with Gasteiger partial charge in [0.1, 0.15) is 0 Å². The highest BCUT2D eigenvalue weighted by Crippen LogP contribution is 2.19. The van der Waals surface area contributed by atoms with Gasteiger partial charge in [0.05, 0.1) is 6.10 Å². The minimum atomic E-state index is -0.179. The summed E-state index contributed by atoms with van der Waals surface area (Å²) in [6.45, 7) is 1.98. The zero-order chi connectivity index (χ0) is 8.27. The summed E-state index contributed by atoms with van der Waals surface area (Å²) in [6.07, 6.45) is 2.78. The van der Waals surface area contributed by atoms with Crippen LogP contribution in [0.2, 0.25) is 0 Å². The molecule has 0 saturated heterocycles. The summed E-state index contributed by atoms with van der Waals surface area (Å²) in [5.74, 6) is 0.115. The average Bonchev–Trinajstić information content (AvgIpc) is 1.85. The van der Waals surface area contributed by atoms with Crippen molar-refractivity contribution in [1.29, 1.82) is 0 Å². The lowest BCUT2D eigenvalue weighted by molar-refractivity contribution is -0.123. The predicted molar refractivity (Wildman–Crippen MR) is 42.1 cm³/mol. The van der Waals surface area contributed by atoms with Gasteiger partial charge in [-0.05, 0) is 19.3 Å². The maximum absolute atomic E-state index is 11.0. The van der Waals surface area contributed by atoms with Crippen LogP contribution in [0.4, 0.5) is 0 Å². The van der Waals surface area contributed by atoms with Gasteiger partial charge in [0, 0.05) is 12.5 Å². The highest BCUT2D eigenvalue weighted by molar-refractivity contribution is 5.76. The Morgan fingerprint density at radius 2 is 2.27 bits per heavy atom. The maximum Gasteiger partial charge on any atom is 0.220 e. The number of amides is 1. The second kappa shape index (κ2) is 3.72. The normalized spacial score (nSPS) is 29.3. The molecule has 0 heterocycles. The summed E-state index contributed by atoms with van der Waals surface area (Å²) in [4.78, 5) is 11.0. The van der Waals surface area contributed by atoms with Crippen LogP contribution in [0, 0.1) is 0 Å². The molecule has 1 fully saturated rings. The Morgan fingerprint density at radius 3 is 2.73 bits per heavy atom. The van der Waals surface area contributed by atoms with Crippen LogP contribution in [0.5, 0.6) is 0 Å². The van der Waals surface area contributed by atoms with Crippen LogP contribution in [-0.4, -0.2) is 23.2 Å². The molecule has 11 heavy (non-hydrogen) atoms. The first kappa shape index (κ1) is 8.53. The smallest absolute Gasteiger partial charge is 0.220 e. The summed E-state index contributed by atoms with van der Waals surface area (Å²) in [5, 5.41) is 11.8. The van der Waals surface area contributed by atoms with Crippen LogP contribution >= 0.6 is 0 Å². The van der Waals surface area contributed by atoms with Crippen molar-refractivity contribution < 1.29 is 9.90 Å². The van der Waals surface area contributed by atoms with Crippen molar-refractivity contribution in [2.24, 2.45) is 0 Å². The van der Waals surface area contributed by atoms with E-state index in [0.29, 0.717) is 6.42 Å². The fraction of sp³-hybridized carbons (Fsp3) is 0.875. The molecule has 2 N–H and O–H groups in total. The Kier molecular flexibility index (Phi) is 2.88. The topological polar surface area (TPSA) is 49.3 Å². The Labute approximate surface area is 66.8 Å². The van der Waals surface area contributed by atoms with E-state index in [1.165, 1.54) is 0 Å². The molecule has 1 aliphatic rings. The Hall–Kier alpha value is -0.570. The van der Waals surface area contributed by atoms with E-state index in [0.717, 1.165) is 19.3 Å². The summed E-state index contributed by atoms with van der Waals surface area (Å²) in [6, 6.07) is 0.240. The lowest BCUT2D eigenvalue weighted by Crippen LogP contribution is -2.46. The average molecular weight is 157 g/mol. The zero-order valence-electron chi connectivity index (χ0n) is 6.84. The number of aliphatic hydroxyl groups is 1. The molecule has 1 saturated carbocycles. The van der Waals surface area contributed by atoms with Crippen LogP contribution in [-0.2, 0) is 4.79 Å². The van der Waals surface area contributed by atoms with Gasteiger partial charge < -0.3 is 10.4 Å². The molecular formula is C8H15NO2. The number of aliphatic hydroxyl groups excluding tert-OH is 1. The minimum Gasteiger partial charge on any atom is -0.393 e. The van der Waals surface area contributed by atoms with E-state index in [1.54, 1.807) is 0 Å². The molecule has 0 aromatic heterocycles. The highest BCUT2D eigenvalue weighted by Gasteiger charge is 2.27. The quantitative estimate of drug-likeness (QED) is 0.624. The molecule has 0 aliphatic heterocycles. The number of hydrogen-bond donors (Lipinski definition) is 2. The SMILES string of the molecule is CCCC(=O)NC1CC(O)C1. The molecule has 0 bridgehead atoms. The van der Waals surface area contributed by atoms with Crippen LogP contribution in [0.15, 0.2) is 0 Å². The highest BCUT2D eigenvalue weighted by atomic mass is 16.3. The van der Waals surface area contributed by atoms with Crippen molar-refractivity contribution in [3.8, 4) is 0 Å². The standard InChI is InChI=1S/C8H15NO2/c1-2-3-8(11)9-6-4-7(10)5-6/h6-7,10H,2-5H2,1H3,(H,9,11). The third kappa shape index (κ3) is 2.50. The van der Waals surface area contributed by atoms with Crippen molar-refractivity contribution in [3.05, 3.63) is 0 Å². The second-order valence-corrected chi connectivity index (χ2v) is 3.14. The Bertz CT molecular complexity index is 141. The van der Waals surface area contributed by atoms with Gasteiger partial charge in [-0.25, -0.2) is 0 Å². The van der Waals surface area contributed by atoms with Gasteiger partial charge in [-0.3, -0.25) is 4.79 Å². The Balaban J connectivity index is 2.07. The van der Waals surface area contributed by atoms with E-state index in [-0.39, 0.29) is 18.1 Å². The molecular weight excluding hydrogens is 142 g/mol.